The number of carbonyl (C=O) groups is 1. The van der Waals surface area contributed by atoms with Crippen molar-refractivity contribution in [2.75, 3.05) is 6.61 Å². The van der Waals surface area contributed by atoms with Crippen LogP contribution in [-0.4, -0.2) is 17.7 Å². The lowest BCUT2D eigenvalue weighted by molar-refractivity contribution is 0.163. The minimum absolute atomic E-state index is 0.345. The van der Waals surface area contributed by atoms with Crippen LogP contribution in [0.5, 0.6) is 0 Å². The molecule has 0 spiro atoms. The van der Waals surface area contributed by atoms with Crippen molar-refractivity contribution in [1.29, 1.82) is 0 Å². The minimum atomic E-state index is -0.523. The molecule has 0 aromatic heterocycles. The van der Waals surface area contributed by atoms with Crippen molar-refractivity contribution in [3.8, 4) is 0 Å². The molecule has 18 heavy (non-hydrogen) atoms. The van der Waals surface area contributed by atoms with Gasteiger partial charge in [-0.3, -0.25) is 0 Å². The molecule has 0 unspecified atom stereocenters. The molecule has 4 heteroatoms. The molecule has 90 valence electrons. The summed E-state index contributed by atoms with van der Waals surface area (Å²) in [6.45, 7) is 2.12. The summed E-state index contributed by atoms with van der Waals surface area (Å²) in [6.07, 6.45) is -0.523. The first-order valence-corrected chi connectivity index (χ1v) is 6.56. The van der Waals surface area contributed by atoms with Crippen molar-refractivity contribution in [2.45, 2.75) is 11.8 Å². The number of nitrogens with zero attached hydrogens (tertiary/aromatic N) is 1. The Hall–Kier alpha value is -1.81. The number of carbonyl (C=O) groups excluding carboxylic acids is 1. The fourth-order valence-corrected chi connectivity index (χ4v) is 3.14. The molecule has 0 atom stereocenters. The highest BCUT2D eigenvalue weighted by Crippen LogP contribution is 2.40. The Labute approximate surface area is 109 Å². The number of benzene rings is 2. The molecule has 3 nitrogen and oxygen atoms in total. The Morgan fingerprint density at radius 3 is 2.83 bits per heavy atom. The van der Waals surface area contributed by atoms with E-state index in [2.05, 4.69) is 17.1 Å². The third-order valence-electron chi connectivity index (χ3n) is 2.76. The molecule has 0 fully saturated rings. The summed E-state index contributed by atoms with van der Waals surface area (Å²) in [4.78, 5) is 16.6. The summed E-state index contributed by atoms with van der Waals surface area (Å²) in [7, 11) is 0. The molecule has 0 saturated heterocycles. The number of hydrogen-bond acceptors (Lipinski definition) is 3. The quantitative estimate of drug-likeness (QED) is 0.779. The Morgan fingerprint density at radius 2 is 2.06 bits per heavy atom. The molecule has 0 bridgehead atoms. The minimum Gasteiger partial charge on any atom is -0.448 e. The van der Waals surface area contributed by atoms with Gasteiger partial charge in [0.1, 0.15) is 5.04 Å². The van der Waals surface area contributed by atoms with Crippen molar-refractivity contribution in [1.82, 2.24) is 0 Å². The van der Waals surface area contributed by atoms with Crippen LogP contribution in [0.2, 0.25) is 0 Å². The number of amides is 1. The lowest BCUT2D eigenvalue weighted by atomic mass is 10.1. The molecule has 0 saturated carbocycles. The Kier molecular flexibility index (Phi) is 2.80. The molecule has 1 aliphatic rings. The van der Waals surface area contributed by atoms with Crippen LogP contribution in [0.1, 0.15) is 12.5 Å². The molecule has 0 aliphatic carbocycles. The van der Waals surface area contributed by atoms with Crippen molar-refractivity contribution in [2.24, 2.45) is 4.99 Å². The summed E-state index contributed by atoms with van der Waals surface area (Å²) in [5.74, 6) is 0. The van der Waals surface area contributed by atoms with Gasteiger partial charge < -0.3 is 4.74 Å². The van der Waals surface area contributed by atoms with Gasteiger partial charge >= 0.3 is 6.09 Å². The van der Waals surface area contributed by atoms with Gasteiger partial charge in [0.2, 0.25) is 0 Å². The van der Waals surface area contributed by atoms with E-state index in [0.717, 1.165) is 15.5 Å². The molecule has 0 radical (unpaired) electrons. The third-order valence-corrected chi connectivity index (χ3v) is 3.83. The van der Waals surface area contributed by atoms with E-state index in [-0.39, 0.29) is 0 Å². The molecular weight excluding hydrogens is 246 g/mol. The van der Waals surface area contributed by atoms with Crippen LogP contribution in [0.3, 0.4) is 0 Å². The smallest absolute Gasteiger partial charge is 0.434 e. The van der Waals surface area contributed by atoms with E-state index in [1.165, 1.54) is 22.5 Å². The Bertz CT molecular complexity index is 659. The summed E-state index contributed by atoms with van der Waals surface area (Å²) in [6, 6.07) is 12.2. The zero-order chi connectivity index (χ0) is 12.5. The summed E-state index contributed by atoms with van der Waals surface area (Å²) < 4.78 is 4.86. The van der Waals surface area contributed by atoms with E-state index in [1.807, 2.05) is 24.3 Å². The first-order chi connectivity index (χ1) is 8.79. The third kappa shape index (κ3) is 1.78. The maximum Gasteiger partial charge on any atom is 0.434 e. The second-order valence-corrected chi connectivity index (χ2v) is 4.91. The summed E-state index contributed by atoms with van der Waals surface area (Å²) >= 11 is 1.52. The lowest BCUT2D eigenvalue weighted by Crippen LogP contribution is -2.01. The van der Waals surface area contributed by atoms with Crippen LogP contribution in [0.15, 0.2) is 46.3 Å². The second kappa shape index (κ2) is 4.46. The van der Waals surface area contributed by atoms with Crippen molar-refractivity contribution < 1.29 is 9.53 Å². The number of ether oxygens (including phenoxy) is 1. The van der Waals surface area contributed by atoms with Gasteiger partial charge in [-0.25, -0.2) is 4.79 Å². The molecule has 2 aromatic rings. The van der Waals surface area contributed by atoms with Crippen molar-refractivity contribution in [3.63, 3.8) is 0 Å². The second-order valence-electron chi connectivity index (χ2n) is 3.88. The number of hydrogen-bond donors (Lipinski definition) is 0. The monoisotopic (exact) mass is 257 g/mol. The first-order valence-electron chi connectivity index (χ1n) is 5.75. The maximum absolute atomic E-state index is 11.4. The van der Waals surface area contributed by atoms with Crippen LogP contribution in [0.25, 0.3) is 10.8 Å². The van der Waals surface area contributed by atoms with E-state index in [1.54, 1.807) is 6.92 Å². The largest absolute Gasteiger partial charge is 0.448 e. The zero-order valence-corrected chi connectivity index (χ0v) is 10.7. The van der Waals surface area contributed by atoms with Gasteiger partial charge in [0.15, 0.2) is 0 Å². The first kappa shape index (κ1) is 11.3. The highest BCUT2D eigenvalue weighted by molar-refractivity contribution is 8.15. The normalized spacial score (nSPS) is 15.3. The van der Waals surface area contributed by atoms with Gasteiger partial charge in [0, 0.05) is 15.8 Å². The average molecular weight is 257 g/mol. The van der Waals surface area contributed by atoms with Crippen LogP contribution in [-0.2, 0) is 4.74 Å². The highest BCUT2D eigenvalue weighted by Gasteiger charge is 2.21. The number of aliphatic imine (C=N–C) groups is 1. The van der Waals surface area contributed by atoms with Crippen LogP contribution >= 0.6 is 11.8 Å². The maximum atomic E-state index is 11.4. The summed E-state index contributed by atoms with van der Waals surface area (Å²) in [5.41, 5.74) is 1.01. The van der Waals surface area contributed by atoms with Crippen LogP contribution in [0.4, 0.5) is 4.79 Å². The molecule has 2 aromatic carbocycles. The molecule has 1 amide bonds. The van der Waals surface area contributed by atoms with Gasteiger partial charge in [-0.2, -0.15) is 4.99 Å². The molecule has 1 aliphatic heterocycles. The van der Waals surface area contributed by atoms with Gasteiger partial charge in [-0.05, 0) is 18.4 Å². The zero-order valence-electron chi connectivity index (χ0n) is 9.84. The van der Waals surface area contributed by atoms with E-state index < -0.39 is 6.09 Å². The average Bonchev–Trinajstić information content (AvgIpc) is 2.71. The predicted octanol–water partition coefficient (Wildman–Crippen LogP) is 3.85. The molecule has 1 heterocycles. The lowest BCUT2D eigenvalue weighted by Gasteiger charge is -1.99. The van der Waals surface area contributed by atoms with Gasteiger partial charge in [-0.15, -0.1) is 0 Å². The standard InChI is InChI=1S/C14H11NO2S/c1-2-17-14(16)15-13-10-7-3-5-9-6-4-8-11(18-13)12(9)10/h3-8H,2H2,1H3/b15-13-. The molecular formula is C14H11NO2S. The summed E-state index contributed by atoms with van der Waals surface area (Å²) in [5, 5.41) is 3.07. The molecule has 0 N–H and O–H groups in total. The Balaban J connectivity index is 2.11. The predicted molar refractivity (Wildman–Crippen MR) is 73.4 cm³/mol. The van der Waals surface area contributed by atoms with Crippen molar-refractivity contribution >= 4 is 33.7 Å². The van der Waals surface area contributed by atoms with Gasteiger partial charge in [-0.1, -0.05) is 42.1 Å². The van der Waals surface area contributed by atoms with E-state index in [0.29, 0.717) is 6.61 Å². The number of rotatable bonds is 1. The van der Waals surface area contributed by atoms with Crippen LogP contribution < -0.4 is 0 Å². The SMILES string of the molecule is CCOC(=O)/N=C1\Sc2cccc3cccc1c23. The fourth-order valence-electron chi connectivity index (χ4n) is 2.05. The van der Waals surface area contributed by atoms with Gasteiger partial charge in [0.25, 0.3) is 0 Å². The van der Waals surface area contributed by atoms with Gasteiger partial charge in [0.05, 0.1) is 6.61 Å². The van der Waals surface area contributed by atoms with Crippen molar-refractivity contribution in [3.05, 3.63) is 42.0 Å². The fraction of sp³-hybridized carbons (Fsp3) is 0.143. The Morgan fingerprint density at radius 1 is 1.28 bits per heavy atom. The topological polar surface area (TPSA) is 38.7 Å². The highest BCUT2D eigenvalue weighted by atomic mass is 32.2. The van der Waals surface area contributed by atoms with E-state index in [9.17, 15) is 4.79 Å². The van der Waals surface area contributed by atoms with E-state index >= 15 is 0 Å². The number of thioether (sulfide) groups is 1. The van der Waals surface area contributed by atoms with E-state index in [4.69, 9.17) is 4.74 Å². The molecule has 3 rings (SSSR count). The van der Waals surface area contributed by atoms with Crippen LogP contribution in [0, 0.1) is 0 Å².